The predicted octanol–water partition coefficient (Wildman–Crippen LogP) is 2.87. The van der Waals surface area contributed by atoms with Gasteiger partial charge in [-0.15, -0.1) is 5.10 Å². The van der Waals surface area contributed by atoms with Crippen molar-refractivity contribution in [3.63, 3.8) is 0 Å². The summed E-state index contributed by atoms with van der Waals surface area (Å²) in [6, 6.07) is 8.19. The molecule has 0 atom stereocenters. The Hall–Kier alpha value is -1.36. The van der Waals surface area contributed by atoms with Gasteiger partial charge in [0, 0.05) is 16.1 Å². The van der Waals surface area contributed by atoms with Gasteiger partial charge in [-0.1, -0.05) is 33.3 Å². The molecular weight excluding hydrogens is 268 g/mol. The van der Waals surface area contributed by atoms with E-state index in [9.17, 15) is 0 Å². The second kappa shape index (κ2) is 4.25. The van der Waals surface area contributed by atoms with Crippen LogP contribution in [0.4, 0.5) is 5.82 Å². The number of hydrogen-bond acceptors (Lipinski definition) is 3. The van der Waals surface area contributed by atoms with Gasteiger partial charge >= 0.3 is 0 Å². The highest BCUT2D eigenvalue weighted by molar-refractivity contribution is 9.10. The molecule has 0 fully saturated rings. The summed E-state index contributed by atoms with van der Waals surface area (Å²) in [5, 5.41) is 7.97. The molecule has 0 aliphatic carbocycles. The molecule has 84 valence electrons. The number of hydrogen-bond donors (Lipinski definition) is 1. The van der Waals surface area contributed by atoms with E-state index in [0.717, 1.165) is 15.7 Å². The number of aromatic nitrogens is 3. The summed E-state index contributed by atoms with van der Waals surface area (Å²) in [5.74, 6) is 0.465. The highest BCUT2D eigenvalue weighted by Crippen LogP contribution is 2.28. The first-order chi connectivity index (χ1) is 7.59. The van der Waals surface area contributed by atoms with Crippen molar-refractivity contribution >= 4 is 21.7 Å². The van der Waals surface area contributed by atoms with E-state index in [-0.39, 0.29) is 6.04 Å². The molecular formula is C11H13BrN4. The van der Waals surface area contributed by atoms with Gasteiger partial charge in [-0.2, -0.15) is 0 Å². The zero-order valence-electron chi connectivity index (χ0n) is 9.18. The van der Waals surface area contributed by atoms with E-state index in [0.29, 0.717) is 5.82 Å². The second-order valence-corrected chi connectivity index (χ2v) is 4.79. The van der Waals surface area contributed by atoms with Crippen molar-refractivity contribution < 1.29 is 0 Å². The number of rotatable bonds is 2. The molecule has 1 aromatic carbocycles. The van der Waals surface area contributed by atoms with Crippen molar-refractivity contribution in [3.8, 4) is 11.3 Å². The average molecular weight is 281 g/mol. The molecule has 0 radical (unpaired) electrons. The molecule has 2 rings (SSSR count). The van der Waals surface area contributed by atoms with Gasteiger partial charge in [0.1, 0.15) is 5.69 Å². The lowest BCUT2D eigenvalue weighted by Crippen LogP contribution is -2.05. The van der Waals surface area contributed by atoms with Crippen LogP contribution in [0.1, 0.15) is 19.9 Å². The minimum absolute atomic E-state index is 0.235. The number of benzene rings is 1. The highest BCUT2D eigenvalue weighted by atomic mass is 79.9. The molecule has 2 N–H and O–H groups in total. The molecule has 0 amide bonds. The molecule has 5 heteroatoms. The smallest absolute Gasteiger partial charge is 0.174 e. The third-order valence-corrected chi connectivity index (χ3v) is 2.80. The lowest BCUT2D eigenvalue weighted by molar-refractivity contribution is 0.519. The zero-order chi connectivity index (χ0) is 11.7. The third kappa shape index (κ3) is 1.95. The summed E-state index contributed by atoms with van der Waals surface area (Å²) in [4.78, 5) is 0. The van der Waals surface area contributed by atoms with E-state index in [2.05, 4.69) is 40.1 Å². The monoisotopic (exact) mass is 280 g/mol. The van der Waals surface area contributed by atoms with Gasteiger partial charge in [0.2, 0.25) is 0 Å². The van der Waals surface area contributed by atoms with Crippen LogP contribution >= 0.6 is 15.9 Å². The van der Waals surface area contributed by atoms with Crippen LogP contribution in [0.15, 0.2) is 28.7 Å². The first kappa shape index (κ1) is 11.1. The van der Waals surface area contributed by atoms with Crippen molar-refractivity contribution in [2.75, 3.05) is 5.73 Å². The highest BCUT2D eigenvalue weighted by Gasteiger charge is 2.14. The van der Waals surface area contributed by atoms with Gasteiger partial charge in [-0.3, -0.25) is 0 Å². The molecule has 0 saturated heterocycles. The molecule has 0 bridgehead atoms. The lowest BCUT2D eigenvalue weighted by Gasteiger charge is -2.10. The first-order valence-corrected chi connectivity index (χ1v) is 5.85. The minimum atomic E-state index is 0.235. The van der Waals surface area contributed by atoms with Gasteiger partial charge in [-0.05, 0) is 26.0 Å². The molecule has 2 aromatic rings. The quantitative estimate of drug-likeness (QED) is 0.920. The van der Waals surface area contributed by atoms with Gasteiger partial charge < -0.3 is 5.73 Å². The molecule has 0 aliphatic heterocycles. The first-order valence-electron chi connectivity index (χ1n) is 5.06. The Morgan fingerprint density at radius 2 is 2.12 bits per heavy atom. The topological polar surface area (TPSA) is 56.7 Å². The van der Waals surface area contributed by atoms with E-state index in [1.807, 2.05) is 28.9 Å². The number of halogens is 1. The normalized spacial score (nSPS) is 11.0. The Kier molecular flexibility index (Phi) is 2.96. The summed E-state index contributed by atoms with van der Waals surface area (Å²) in [6.45, 7) is 4.10. The van der Waals surface area contributed by atoms with Gasteiger partial charge in [0.05, 0.1) is 0 Å². The summed E-state index contributed by atoms with van der Waals surface area (Å²) < 4.78 is 2.85. The van der Waals surface area contributed by atoms with E-state index >= 15 is 0 Å². The third-order valence-electron chi connectivity index (χ3n) is 2.31. The molecule has 1 heterocycles. The number of nitrogens with zero attached hydrogens (tertiary/aromatic N) is 3. The standard InChI is InChI=1S/C11H13BrN4/c1-7(2)16-10(11(13)14-15-16)8-4-3-5-9(12)6-8/h3-7H,13H2,1-2H3. The zero-order valence-corrected chi connectivity index (χ0v) is 10.8. The molecule has 0 saturated carbocycles. The maximum absolute atomic E-state index is 5.85. The summed E-state index contributed by atoms with van der Waals surface area (Å²) in [7, 11) is 0. The van der Waals surface area contributed by atoms with Crippen molar-refractivity contribution in [3.05, 3.63) is 28.7 Å². The molecule has 4 nitrogen and oxygen atoms in total. The average Bonchev–Trinajstić information content (AvgIpc) is 2.60. The second-order valence-electron chi connectivity index (χ2n) is 3.87. The Bertz CT molecular complexity index is 504. The van der Waals surface area contributed by atoms with Crippen LogP contribution in [0.5, 0.6) is 0 Å². The summed E-state index contributed by atoms with van der Waals surface area (Å²) >= 11 is 3.44. The SMILES string of the molecule is CC(C)n1nnc(N)c1-c1cccc(Br)c1. The fourth-order valence-corrected chi connectivity index (χ4v) is 1.98. The molecule has 0 aliphatic rings. The van der Waals surface area contributed by atoms with Crippen molar-refractivity contribution in [1.82, 2.24) is 15.0 Å². The van der Waals surface area contributed by atoms with Crippen molar-refractivity contribution in [1.29, 1.82) is 0 Å². The Labute approximate surface area is 103 Å². The number of nitrogen functional groups attached to an aromatic ring is 1. The van der Waals surface area contributed by atoms with Crippen LogP contribution in [-0.2, 0) is 0 Å². The Morgan fingerprint density at radius 3 is 2.75 bits per heavy atom. The Morgan fingerprint density at radius 1 is 1.38 bits per heavy atom. The van der Waals surface area contributed by atoms with E-state index in [4.69, 9.17) is 5.73 Å². The van der Waals surface area contributed by atoms with Crippen LogP contribution in [0.3, 0.4) is 0 Å². The van der Waals surface area contributed by atoms with Crippen LogP contribution in [0, 0.1) is 0 Å². The van der Waals surface area contributed by atoms with Crippen molar-refractivity contribution in [2.24, 2.45) is 0 Å². The summed E-state index contributed by atoms with van der Waals surface area (Å²) in [6.07, 6.45) is 0. The minimum Gasteiger partial charge on any atom is -0.380 e. The largest absolute Gasteiger partial charge is 0.380 e. The van der Waals surface area contributed by atoms with E-state index < -0.39 is 0 Å². The van der Waals surface area contributed by atoms with E-state index in [1.165, 1.54) is 0 Å². The predicted molar refractivity (Wildman–Crippen MR) is 68.0 cm³/mol. The van der Waals surface area contributed by atoms with Crippen LogP contribution in [-0.4, -0.2) is 15.0 Å². The molecule has 0 spiro atoms. The summed E-state index contributed by atoms with van der Waals surface area (Å²) in [5.41, 5.74) is 7.74. The van der Waals surface area contributed by atoms with Gasteiger partial charge in [0.25, 0.3) is 0 Å². The van der Waals surface area contributed by atoms with Crippen molar-refractivity contribution in [2.45, 2.75) is 19.9 Å². The van der Waals surface area contributed by atoms with Gasteiger partial charge in [0.15, 0.2) is 5.82 Å². The van der Waals surface area contributed by atoms with E-state index in [1.54, 1.807) is 0 Å². The fraction of sp³-hybridized carbons (Fsp3) is 0.273. The molecule has 1 aromatic heterocycles. The van der Waals surface area contributed by atoms with Gasteiger partial charge in [-0.25, -0.2) is 4.68 Å². The molecule has 16 heavy (non-hydrogen) atoms. The Balaban J connectivity index is 2.59. The molecule has 0 unspecified atom stereocenters. The fourth-order valence-electron chi connectivity index (χ4n) is 1.58. The maximum atomic E-state index is 5.85. The van der Waals surface area contributed by atoms with Crippen LogP contribution in [0.25, 0.3) is 11.3 Å². The number of nitrogens with two attached hydrogens (primary N) is 1. The number of anilines is 1. The maximum Gasteiger partial charge on any atom is 0.174 e. The van der Waals surface area contributed by atoms with Crippen LogP contribution < -0.4 is 5.73 Å². The lowest BCUT2D eigenvalue weighted by atomic mass is 10.1. The van der Waals surface area contributed by atoms with Crippen LogP contribution in [0.2, 0.25) is 0 Å².